The van der Waals surface area contributed by atoms with E-state index in [-0.39, 0.29) is 24.3 Å². The summed E-state index contributed by atoms with van der Waals surface area (Å²) in [6.45, 7) is 4.65. The van der Waals surface area contributed by atoms with Crippen molar-refractivity contribution in [2.45, 2.75) is 45.2 Å². The fourth-order valence-corrected chi connectivity index (χ4v) is 2.23. The number of ether oxygens (including phenoxy) is 1. The van der Waals surface area contributed by atoms with Crippen LogP contribution < -0.4 is 5.73 Å². The van der Waals surface area contributed by atoms with E-state index in [1.807, 2.05) is 13.8 Å². The van der Waals surface area contributed by atoms with Crippen molar-refractivity contribution in [3.8, 4) is 0 Å². The summed E-state index contributed by atoms with van der Waals surface area (Å²) in [5.41, 5.74) is 5.86. The number of nitrogens with zero attached hydrogens (tertiary/aromatic N) is 1. The Morgan fingerprint density at radius 2 is 2.06 bits per heavy atom. The van der Waals surface area contributed by atoms with Crippen LogP contribution in [-0.4, -0.2) is 42.5 Å². The molecule has 2 atom stereocenters. The van der Waals surface area contributed by atoms with Gasteiger partial charge >= 0.3 is 5.97 Å². The Bertz CT molecular complexity index is 297. The summed E-state index contributed by atoms with van der Waals surface area (Å²) < 4.78 is 4.70. The number of hydrogen-bond acceptors (Lipinski definition) is 4. The van der Waals surface area contributed by atoms with E-state index in [0.29, 0.717) is 25.3 Å². The maximum absolute atomic E-state index is 12.1. The van der Waals surface area contributed by atoms with Crippen LogP contribution in [0.1, 0.15) is 33.1 Å². The summed E-state index contributed by atoms with van der Waals surface area (Å²) in [5, 5.41) is 0. The smallest absolute Gasteiger partial charge is 0.328 e. The lowest BCUT2D eigenvalue weighted by molar-refractivity contribution is -0.151. The highest BCUT2D eigenvalue weighted by Crippen LogP contribution is 2.20. The lowest BCUT2D eigenvalue weighted by atomic mass is 10.0. The first kappa shape index (κ1) is 17.2. The number of hydrogen-bond donors (Lipinski definition) is 1. The minimum atomic E-state index is -0.514. The molecule has 0 aromatic rings. The third-order valence-electron chi connectivity index (χ3n) is 3.05. The molecule has 1 saturated heterocycles. The van der Waals surface area contributed by atoms with Crippen molar-refractivity contribution in [3.05, 3.63) is 0 Å². The van der Waals surface area contributed by atoms with Crippen LogP contribution in [-0.2, 0) is 14.3 Å². The van der Waals surface area contributed by atoms with E-state index in [9.17, 15) is 9.59 Å². The molecule has 5 nitrogen and oxygen atoms in total. The van der Waals surface area contributed by atoms with Gasteiger partial charge in [-0.2, -0.15) is 0 Å². The van der Waals surface area contributed by atoms with Gasteiger partial charge in [0.05, 0.1) is 13.2 Å². The third-order valence-corrected chi connectivity index (χ3v) is 3.05. The average molecular weight is 279 g/mol. The Kier molecular flexibility index (Phi) is 7.25. The highest BCUT2D eigenvalue weighted by atomic mass is 35.5. The highest BCUT2D eigenvalue weighted by Gasteiger charge is 2.36. The van der Waals surface area contributed by atoms with Crippen LogP contribution >= 0.6 is 12.4 Å². The topological polar surface area (TPSA) is 72.6 Å². The number of amides is 1. The van der Waals surface area contributed by atoms with Gasteiger partial charge in [0.1, 0.15) is 6.04 Å². The molecule has 1 heterocycles. The second kappa shape index (κ2) is 7.59. The minimum absolute atomic E-state index is 0. The summed E-state index contributed by atoms with van der Waals surface area (Å²) >= 11 is 0. The standard InChI is InChI=1S/C12H22N2O3.ClH/c1-8(2)7-9(13)11(15)14-6-4-5-10(14)12(16)17-3;/h8-10H,4-7,13H2,1-3H3;1H/t9-,10-;/m0./s1. The molecule has 0 radical (unpaired) electrons. The lowest BCUT2D eigenvalue weighted by Gasteiger charge is -2.26. The van der Waals surface area contributed by atoms with Gasteiger partial charge in [-0.15, -0.1) is 12.4 Å². The molecular formula is C12H23ClN2O3. The van der Waals surface area contributed by atoms with Gasteiger partial charge < -0.3 is 15.4 Å². The van der Waals surface area contributed by atoms with E-state index in [1.54, 1.807) is 4.90 Å². The molecule has 1 aliphatic heterocycles. The van der Waals surface area contributed by atoms with Gasteiger partial charge in [0.15, 0.2) is 0 Å². The lowest BCUT2D eigenvalue weighted by Crippen LogP contribution is -2.49. The number of carbonyl (C=O) groups excluding carboxylic acids is 2. The van der Waals surface area contributed by atoms with E-state index in [1.165, 1.54) is 7.11 Å². The molecule has 0 unspecified atom stereocenters. The fraction of sp³-hybridized carbons (Fsp3) is 0.833. The molecule has 1 fully saturated rings. The molecular weight excluding hydrogens is 256 g/mol. The Labute approximate surface area is 114 Å². The summed E-state index contributed by atoms with van der Waals surface area (Å²) in [7, 11) is 1.34. The first-order chi connectivity index (χ1) is 7.97. The molecule has 6 heteroatoms. The van der Waals surface area contributed by atoms with E-state index in [2.05, 4.69) is 0 Å². The Balaban J connectivity index is 0.00000289. The van der Waals surface area contributed by atoms with Gasteiger partial charge in [-0.3, -0.25) is 4.79 Å². The van der Waals surface area contributed by atoms with Crippen LogP contribution in [0.5, 0.6) is 0 Å². The monoisotopic (exact) mass is 278 g/mol. The second-order valence-electron chi connectivity index (χ2n) is 4.95. The van der Waals surface area contributed by atoms with Crippen molar-refractivity contribution in [2.75, 3.05) is 13.7 Å². The number of rotatable bonds is 4. The van der Waals surface area contributed by atoms with Crippen LogP contribution in [0.15, 0.2) is 0 Å². The maximum atomic E-state index is 12.1. The molecule has 0 aliphatic carbocycles. The second-order valence-corrected chi connectivity index (χ2v) is 4.95. The number of methoxy groups -OCH3 is 1. The molecule has 0 spiro atoms. The van der Waals surface area contributed by atoms with Crippen molar-refractivity contribution in [1.29, 1.82) is 0 Å². The van der Waals surface area contributed by atoms with Gasteiger partial charge in [0.25, 0.3) is 0 Å². The van der Waals surface area contributed by atoms with E-state index < -0.39 is 12.1 Å². The molecule has 0 aromatic heterocycles. The zero-order valence-electron chi connectivity index (χ0n) is 11.2. The number of nitrogens with two attached hydrogens (primary N) is 1. The Hall–Kier alpha value is -0.810. The van der Waals surface area contributed by atoms with Crippen molar-refractivity contribution < 1.29 is 14.3 Å². The van der Waals surface area contributed by atoms with E-state index in [0.717, 1.165) is 6.42 Å². The molecule has 2 N–H and O–H groups in total. The maximum Gasteiger partial charge on any atom is 0.328 e. The van der Waals surface area contributed by atoms with Crippen molar-refractivity contribution in [3.63, 3.8) is 0 Å². The highest BCUT2D eigenvalue weighted by molar-refractivity contribution is 5.88. The molecule has 0 saturated carbocycles. The fourth-order valence-electron chi connectivity index (χ4n) is 2.23. The molecule has 0 bridgehead atoms. The predicted molar refractivity (Wildman–Crippen MR) is 71.4 cm³/mol. The summed E-state index contributed by atoms with van der Waals surface area (Å²) in [6, 6.07) is -0.953. The Morgan fingerprint density at radius 1 is 1.44 bits per heavy atom. The van der Waals surface area contributed by atoms with Crippen molar-refractivity contribution in [1.82, 2.24) is 4.90 Å². The predicted octanol–water partition coefficient (Wildman–Crippen LogP) is 0.946. The summed E-state index contributed by atoms with van der Waals surface area (Å²) in [6.07, 6.45) is 2.15. The number of likely N-dealkylation sites (tertiary alicyclic amines) is 1. The third kappa shape index (κ3) is 4.14. The Morgan fingerprint density at radius 3 is 2.56 bits per heavy atom. The molecule has 1 aliphatic rings. The SMILES string of the molecule is COC(=O)[C@@H]1CCCN1C(=O)[C@@H](N)CC(C)C.Cl. The quantitative estimate of drug-likeness (QED) is 0.777. The average Bonchev–Trinajstić information content (AvgIpc) is 2.74. The van der Waals surface area contributed by atoms with Crippen molar-refractivity contribution in [2.24, 2.45) is 11.7 Å². The van der Waals surface area contributed by atoms with E-state index in [4.69, 9.17) is 10.5 Å². The summed E-state index contributed by atoms with van der Waals surface area (Å²) in [4.78, 5) is 25.2. The van der Waals surface area contributed by atoms with Crippen LogP contribution in [0, 0.1) is 5.92 Å². The minimum Gasteiger partial charge on any atom is -0.467 e. The van der Waals surface area contributed by atoms with Gasteiger partial charge in [-0.1, -0.05) is 13.8 Å². The van der Waals surface area contributed by atoms with E-state index >= 15 is 0 Å². The molecule has 106 valence electrons. The largest absolute Gasteiger partial charge is 0.467 e. The van der Waals surface area contributed by atoms with Crippen LogP contribution in [0.2, 0.25) is 0 Å². The van der Waals surface area contributed by atoms with Crippen LogP contribution in [0.25, 0.3) is 0 Å². The zero-order valence-corrected chi connectivity index (χ0v) is 12.0. The van der Waals surface area contributed by atoms with Gasteiger partial charge in [-0.25, -0.2) is 4.79 Å². The van der Waals surface area contributed by atoms with Crippen molar-refractivity contribution >= 4 is 24.3 Å². The first-order valence-corrected chi connectivity index (χ1v) is 6.11. The zero-order chi connectivity index (χ0) is 13.0. The number of carbonyl (C=O) groups is 2. The van der Waals surface area contributed by atoms with Gasteiger partial charge in [-0.05, 0) is 25.2 Å². The normalized spacial score (nSPS) is 20.5. The van der Waals surface area contributed by atoms with Crippen LogP contribution in [0.3, 0.4) is 0 Å². The molecule has 0 aromatic carbocycles. The molecule has 1 rings (SSSR count). The molecule has 18 heavy (non-hydrogen) atoms. The van der Waals surface area contributed by atoms with Gasteiger partial charge in [0, 0.05) is 6.54 Å². The first-order valence-electron chi connectivity index (χ1n) is 6.11. The van der Waals surface area contributed by atoms with Crippen LogP contribution in [0.4, 0.5) is 0 Å². The van der Waals surface area contributed by atoms with Gasteiger partial charge in [0.2, 0.25) is 5.91 Å². The molecule has 1 amide bonds. The number of esters is 1. The summed E-state index contributed by atoms with van der Waals surface area (Å²) in [5.74, 6) is -0.104. The number of halogens is 1.